The molecule has 6 heteroatoms. The summed E-state index contributed by atoms with van der Waals surface area (Å²) in [7, 11) is 0. The molecule has 0 aromatic heterocycles. The predicted molar refractivity (Wildman–Crippen MR) is 73.5 cm³/mol. The lowest BCUT2D eigenvalue weighted by Crippen LogP contribution is -2.28. The van der Waals surface area contributed by atoms with Crippen molar-refractivity contribution in [3.63, 3.8) is 0 Å². The number of rotatable bonds is 4. The molecule has 0 saturated heterocycles. The van der Waals surface area contributed by atoms with Crippen molar-refractivity contribution in [1.29, 1.82) is 0 Å². The molecular formula is C13H13BrN2O3. The van der Waals surface area contributed by atoms with Gasteiger partial charge >= 0.3 is 5.97 Å². The molecule has 100 valence electrons. The van der Waals surface area contributed by atoms with Gasteiger partial charge in [-0.25, -0.2) is 5.01 Å². The summed E-state index contributed by atoms with van der Waals surface area (Å²) in [4.78, 5) is 22.8. The van der Waals surface area contributed by atoms with Crippen molar-refractivity contribution in [2.75, 3.05) is 0 Å². The highest BCUT2D eigenvalue weighted by Gasteiger charge is 2.34. The Morgan fingerprint density at radius 1 is 1.42 bits per heavy atom. The number of hydrogen-bond donors (Lipinski definition) is 1. The molecule has 5 nitrogen and oxygen atoms in total. The molecule has 1 atom stereocenters. The lowest BCUT2D eigenvalue weighted by Gasteiger charge is -2.13. The average molecular weight is 325 g/mol. The van der Waals surface area contributed by atoms with Gasteiger partial charge in [0.2, 0.25) is 0 Å². The van der Waals surface area contributed by atoms with Gasteiger partial charge in [0.05, 0.1) is 18.9 Å². The first-order valence-corrected chi connectivity index (χ1v) is 6.59. The van der Waals surface area contributed by atoms with Crippen LogP contribution < -0.4 is 0 Å². The Balaban J connectivity index is 2.08. The van der Waals surface area contributed by atoms with E-state index in [1.54, 1.807) is 6.92 Å². The zero-order chi connectivity index (χ0) is 14.0. The van der Waals surface area contributed by atoms with Gasteiger partial charge in [-0.05, 0) is 24.6 Å². The van der Waals surface area contributed by atoms with E-state index in [1.807, 2.05) is 24.3 Å². The van der Waals surface area contributed by atoms with Crippen LogP contribution in [0.5, 0.6) is 0 Å². The van der Waals surface area contributed by atoms with E-state index in [0.29, 0.717) is 12.3 Å². The quantitative estimate of drug-likeness (QED) is 0.923. The largest absolute Gasteiger partial charge is 0.481 e. The summed E-state index contributed by atoms with van der Waals surface area (Å²) in [5.41, 5.74) is 1.51. The molecule has 1 N–H and O–H groups in total. The van der Waals surface area contributed by atoms with Crippen LogP contribution in [0.15, 0.2) is 33.8 Å². The van der Waals surface area contributed by atoms with Crippen LogP contribution in [-0.4, -0.2) is 27.7 Å². The van der Waals surface area contributed by atoms with Gasteiger partial charge in [0.25, 0.3) is 5.91 Å². The molecule has 0 fully saturated rings. The maximum atomic E-state index is 12.1. The molecule has 1 aliphatic rings. The third kappa shape index (κ3) is 3.20. The van der Waals surface area contributed by atoms with E-state index in [1.165, 1.54) is 5.01 Å². The minimum Gasteiger partial charge on any atom is -0.481 e. The molecule has 1 aromatic carbocycles. The summed E-state index contributed by atoms with van der Waals surface area (Å²) < 4.78 is 0.965. The van der Waals surface area contributed by atoms with Crippen LogP contribution in [0.25, 0.3) is 0 Å². The smallest absolute Gasteiger partial charge is 0.304 e. The molecule has 0 bridgehead atoms. The Kier molecular flexibility index (Phi) is 3.99. The number of carbonyl (C=O) groups is 2. The number of carboxylic acid groups (broad SMARTS) is 1. The predicted octanol–water partition coefficient (Wildman–Crippen LogP) is 2.26. The van der Waals surface area contributed by atoms with Crippen molar-refractivity contribution in [2.24, 2.45) is 11.0 Å². The molecule has 0 spiro atoms. The van der Waals surface area contributed by atoms with Crippen LogP contribution in [0, 0.1) is 5.92 Å². The Bertz CT molecular complexity index is 539. The Labute approximate surface area is 119 Å². The molecular weight excluding hydrogens is 312 g/mol. The van der Waals surface area contributed by atoms with E-state index in [-0.39, 0.29) is 12.3 Å². The summed E-state index contributed by atoms with van der Waals surface area (Å²) in [5.74, 6) is -1.87. The van der Waals surface area contributed by atoms with E-state index in [2.05, 4.69) is 21.0 Å². The molecule has 19 heavy (non-hydrogen) atoms. The minimum absolute atomic E-state index is 0.203. The van der Waals surface area contributed by atoms with E-state index in [9.17, 15) is 9.59 Å². The number of amides is 1. The van der Waals surface area contributed by atoms with E-state index >= 15 is 0 Å². The molecule has 1 unspecified atom stereocenters. The fourth-order valence-corrected chi connectivity index (χ4v) is 2.22. The van der Waals surface area contributed by atoms with Gasteiger partial charge in [-0.2, -0.15) is 5.10 Å². The molecule has 1 heterocycles. The molecule has 0 aliphatic carbocycles. The monoisotopic (exact) mass is 324 g/mol. The van der Waals surface area contributed by atoms with E-state index < -0.39 is 11.9 Å². The fraction of sp³-hybridized carbons (Fsp3) is 0.308. The molecule has 2 rings (SSSR count). The summed E-state index contributed by atoms with van der Waals surface area (Å²) in [6, 6.07) is 7.57. The molecule has 1 amide bonds. The van der Waals surface area contributed by atoms with Crippen molar-refractivity contribution < 1.29 is 14.7 Å². The molecule has 1 aromatic rings. The summed E-state index contributed by atoms with van der Waals surface area (Å²) in [6.07, 6.45) is -0.203. The van der Waals surface area contributed by atoms with Gasteiger partial charge < -0.3 is 5.11 Å². The summed E-state index contributed by atoms with van der Waals surface area (Å²) >= 11 is 3.34. The minimum atomic E-state index is -0.988. The van der Waals surface area contributed by atoms with Crippen molar-refractivity contribution >= 4 is 33.5 Å². The second-order valence-electron chi connectivity index (χ2n) is 4.41. The summed E-state index contributed by atoms with van der Waals surface area (Å²) in [5, 5.41) is 14.3. The number of hydrazone groups is 1. The summed E-state index contributed by atoms with van der Waals surface area (Å²) in [6.45, 7) is 2.05. The number of hydrogen-bond acceptors (Lipinski definition) is 3. The third-order valence-electron chi connectivity index (χ3n) is 2.96. The van der Waals surface area contributed by atoms with E-state index in [0.717, 1.165) is 10.0 Å². The zero-order valence-electron chi connectivity index (χ0n) is 10.3. The number of aliphatic carboxylic acids is 1. The SMILES string of the molecule is CC1=NN(Cc2ccc(Br)cc2)C(=O)C1CC(=O)O. The van der Waals surface area contributed by atoms with Gasteiger partial charge in [0.15, 0.2) is 0 Å². The van der Waals surface area contributed by atoms with Crippen molar-refractivity contribution in [3.8, 4) is 0 Å². The Morgan fingerprint density at radius 3 is 2.63 bits per heavy atom. The number of halogens is 1. The maximum Gasteiger partial charge on any atom is 0.304 e. The van der Waals surface area contributed by atoms with Crippen molar-refractivity contribution in [3.05, 3.63) is 34.3 Å². The zero-order valence-corrected chi connectivity index (χ0v) is 11.9. The van der Waals surface area contributed by atoms with Gasteiger partial charge in [-0.15, -0.1) is 0 Å². The highest BCUT2D eigenvalue weighted by atomic mass is 79.9. The van der Waals surface area contributed by atoms with Crippen LogP contribution >= 0.6 is 15.9 Å². The first-order valence-electron chi connectivity index (χ1n) is 5.80. The maximum absolute atomic E-state index is 12.1. The highest BCUT2D eigenvalue weighted by molar-refractivity contribution is 9.10. The highest BCUT2D eigenvalue weighted by Crippen LogP contribution is 2.21. The van der Waals surface area contributed by atoms with Gasteiger partial charge in [-0.1, -0.05) is 28.1 Å². The number of carbonyl (C=O) groups excluding carboxylic acids is 1. The van der Waals surface area contributed by atoms with E-state index in [4.69, 9.17) is 5.11 Å². The first kappa shape index (κ1) is 13.7. The molecule has 1 aliphatic heterocycles. The Hall–Kier alpha value is -1.69. The van der Waals surface area contributed by atoms with Crippen LogP contribution in [0.1, 0.15) is 18.9 Å². The molecule has 0 radical (unpaired) electrons. The number of nitrogens with zero attached hydrogens (tertiary/aromatic N) is 2. The normalized spacial score (nSPS) is 18.6. The van der Waals surface area contributed by atoms with Gasteiger partial charge in [-0.3, -0.25) is 9.59 Å². The van der Waals surface area contributed by atoms with Crippen LogP contribution in [0.4, 0.5) is 0 Å². The third-order valence-corrected chi connectivity index (χ3v) is 3.49. The lowest BCUT2D eigenvalue weighted by atomic mass is 10.0. The standard InChI is InChI=1S/C13H13BrN2O3/c1-8-11(6-12(17)18)13(19)16(15-8)7-9-2-4-10(14)5-3-9/h2-5,11H,6-7H2,1H3,(H,17,18). The van der Waals surface area contributed by atoms with Crippen molar-refractivity contribution in [2.45, 2.75) is 19.9 Å². The second-order valence-corrected chi connectivity index (χ2v) is 5.33. The molecule has 0 saturated carbocycles. The van der Waals surface area contributed by atoms with Gasteiger partial charge in [0, 0.05) is 10.2 Å². The van der Waals surface area contributed by atoms with Crippen LogP contribution in [0.3, 0.4) is 0 Å². The second kappa shape index (κ2) is 5.52. The lowest BCUT2D eigenvalue weighted by molar-refractivity contribution is -0.142. The number of benzene rings is 1. The first-order chi connectivity index (χ1) is 8.97. The van der Waals surface area contributed by atoms with Crippen LogP contribution in [-0.2, 0) is 16.1 Å². The Morgan fingerprint density at radius 2 is 2.05 bits per heavy atom. The fourth-order valence-electron chi connectivity index (χ4n) is 1.95. The van der Waals surface area contributed by atoms with Crippen molar-refractivity contribution in [1.82, 2.24) is 5.01 Å². The topological polar surface area (TPSA) is 70.0 Å². The van der Waals surface area contributed by atoms with Gasteiger partial charge in [0.1, 0.15) is 0 Å². The van der Waals surface area contributed by atoms with Crippen LogP contribution in [0.2, 0.25) is 0 Å². The average Bonchev–Trinajstić information content (AvgIpc) is 2.60. The number of carboxylic acids is 1.